The summed E-state index contributed by atoms with van der Waals surface area (Å²) in [5.41, 5.74) is 4.24. The third-order valence-electron chi connectivity index (χ3n) is 2.53. The molecular formula is C11H15N2. The molecule has 0 aromatic heterocycles. The molecule has 0 N–H and O–H groups in total. The summed E-state index contributed by atoms with van der Waals surface area (Å²) < 4.78 is 0. The van der Waals surface area contributed by atoms with Crippen LogP contribution < -0.4 is 10.2 Å². The van der Waals surface area contributed by atoms with E-state index in [2.05, 4.69) is 42.5 Å². The van der Waals surface area contributed by atoms with Gasteiger partial charge in [0.15, 0.2) is 0 Å². The van der Waals surface area contributed by atoms with Crippen molar-refractivity contribution < 1.29 is 0 Å². The first-order chi connectivity index (χ1) is 6.29. The van der Waals surface area contributed by atoms with Crippen molar-refractivity contribution in [1.82, 2.24) is 5.32 Å². The topological polar surface area (TPSA) is 17.3 Å². The van der Waals surface area contributed by atoms with E-state index in [9.17, 15) is 0 Å². The van der Waals surface area contributed by atoms with Gasteiger partial charge >= 0.3 is 0 Å². The largest absolute Gasteiger partial charge is 0.377 e. The molecule has 1 heterocycles. The average molecular weight is 175 g/mol. The van der Waals surface area contributed by atoms with Gasteiger partial charge in [0.25, 0.3) is 0 Å². The van der Waals surface area contributed by atoms with E-state index in [1.807, 2.05) is 0 Å². The summed E-state index contributed by atoms with van der Waals surface area (Å²) in [6, 6.07) is 6.49. The van der Waals surface area contributed by atoms with Gasteiger partial charge in [-0.25, -0.2) is 5.32 Å². The lowest BCUT2D eigenvalue weighted by molar-refractivity contribution is 0.630. The van der Waals surface area contributed by atoms with E-state index in [-0.39, 0.29) is 0 Å². The van der Waals surface area contributed by atoms with Crippen LogP contribution in [-0.2, 0) is 13.0 Å². The Hall–Kier alpha value is -1.02. The van der Waals surface area contributed by atoms with Gasteiger partial charge in [-0.3, -0.25) is 0 Å². The molecule has 69 valence electrons. The summed E-state index contributed by atoms with van der Waals surface area (Å²) >= 11 is 0. The van der Waals surface area contributed by atoms with Crippen molar-refractivity contribution in [3.8, 4) is 0 Å². The summed E-state index contributed by atoms with van der Waals surface area (Å²) in [6.07, 6.45) is 1.10. The molecule has 1 radical (unpaired) electrons. The Balaban J connectivity index is 2.46. The maximum atomic E-state index is 4.40. The van der Waals surface area contributed by atoms with Gasteiger partial charge in [0.1, 0.15) is 0 Å². The molecule has 1 aliphatic heterocycles. The molecule has 1 aromatic rings. The highest BCUT2D eigenvalue weighted by molar-refractivity contribution is 5.56. The molecule has 2 rings (SSSR count). The molecule has 2 nitrogen and oxygen atoms in total. The second kappa shape index (κ2) is 3.38. The van der Waals surface area contributed by atoms with Crippen LogP contribution in [0.4, 0.5) is 5.69 Å². The van der Waals surface area contributed by atoms with E-state index in [0.717, 1.165) is 19.5 Å². The van der Waals surface area contributed by atoms with Crippen LogP contribution in [0.5, 0.6) is 0 Å². The molecule has 0 amide bonds. The van der Waals surface area contributed by atoms with Crippen LogP contribution >= 0.6 is 0 Å². The summed E-state index contributed by atoms with van der Waals surface area (Å²) in [5, 5.41) is 4.40. The van der Waals surface area contributed by atoms with Crippen LogP contribution in [0.15, 0.2) is 18.2 Å². The average Bonchev–Trinajstić information content (AvgIpc) is 2.17. The molecule has 13 heavy (non-hydrogen) atoms. The van der Waals surface area contributed by atoms with Gasteiger partial charge in [-0.05, 0) is 23.6 Å². The number of benzene rings is 1. The van der Waals surface area contributed by atoms with E-state index in [4.69, 9.17) is 0 Å². The van der Waals surface area contributed by atoms with Crippen molar-refractivity contribution in [2.45, 2.75) is 13.0 Å². The number of fused-ring (bicyclic) bond motifs is 1. The maximum absolute atomic E-state index is 4.40. The summed E-state index contributed by atoms with van der Waals surface area (Å²) in [5.74, 6) is 0. The van der Waals surface area contributed by atoms with Crippen LogP contribution in [0.2, 0.25) is 0 Å². The minimum atomic E-state index is 0.900. The molecule has 2 heteroatoms. The third-order valence-corrected chi connectivity index (χ3v) is 2.53. The molecule has 1 aromatic carbocycles. The molecule has 0 atom stereocenters. The molecule has 0 saturated carbocycles. The minimum Gasteiger partial charge on any atom is -0.377 e. The Morgan fingerprint density at radius 2 is 2.15 bits per heavy atom. The molecule has 0 aliphatic carbocycles. The van der Waals surface area contributed by atoms with E-state index in [1.165, 1.54) is 16.8 Å². The van der Waals surface area contributed by atoms with E-state index < -0.39 is 0 Å². The van der Waals surface area contributed by atoms with Crippen LogP contribution in [0.1, 0.15) is 11.1 Å². The Morgan fingerprint density at radius 1 is 1.31 bits per heavy atom. The number of anilines is 1. The minimum absolute atomic E-state index is 0.900. The first kappa shape index (κ1) is 8.57. The van der Waals surface area contributed by atoms with Gasteiger partial charge in [0.2, 0.25) is 0 Å². The summed E-state index contributed by atoms with van der Waals surface area (Å²) in [4.78, 5) is 2.18. The standard InChI is InChI=1S/C11H15N2/c1-13(2)11-5-3-4-9-8-12-7-6-10(9)11/h3-5H,6-8H2,1-2H3. The molecule has 0 saturated heterocycles. The van der Waals surface area contributed by atoms with Crippen LogP contribution in [0.3, 0.4) is 0 Å². The van der Waals surface area contributed by atoms with Crippen LogP contribution in [0, 0.1) is 0 Å². The lowest BCUT2D eigenvalue weighted by Gasteiger charge is -2.23. The van der Waals surface area contributed by atoms with Gasteiger partial charge in [0.05, 0.1) is 0 Å². The lowest BCUT2D eigenvalue weighted by Crippen LogP contribution is -2.21. The predicted molar refractivity (Wildman–Crippen MR) is 55.2 cm³/mol. The summed E-state index contributed by atoms with van der Waals surface area (Å²) in [7, 11) is 4.20. The first-order valence-corrected chi connectivity index (χ1v) is 4.70. The number of rotatable bonds is 1. The molecular weight excluding hydrogens is 160 g/mol. The highest BCUT2D eigenvalue weighted by atomic mass is 15.1. The fourth-order valence-corrected chi connectivity index (χ4v) is 1.87. The quantitative estimate of drug-likeness (QED) is 0.631. The first-order valence-electron chi connectivity index (χ1n) is 4.70. The fourth-order valence-electron chi connectivity index (χ4n) is 1.87. The summed E-state index contributed by atoms with van der Waals surface area (Å²) in [6.45, 7) is 1.88. The second-order valence-electron chi connectivity index (χ2n) is 3.66. The zero-order valence-electron chi connectivity index (χ0n) is 8.25. The zero-order valence-corrected chi connectivity index (χ0v) is 8.25. The SMILES string of the molecule is CN(C)c1cccc2c1CC[N]C2. The van der Waals surface area contributed by atoms with Crippen molar-refractivity contribution in [3.05, 3.63) is 29.3 Å². The molecule has 0 bridgehead atoms. The van der Waals surface area contributed by atoms with Gasteiger partial charge in [-0.1, -0.05) is 12.1 Å². The van der Waals surface area contributed by atoms with Crippen molar-refractivity contribution >= 4 is 5.69 Å². The Kier molecular flexibility index (Phi) is 2.23. The fraction of sp³-hybridized carbons (Fsp3) is 0.455. The predicted octanol–water partition coefficient (Wildman–Crippen LogP) is 1.41. The van der Waals surface area contributed by atoms with Gasteiger partial charge in [0, 0.05) is 32.9 Å². The number of hydrogen-bond acceptors (Lipinski definition) is 1. The highest BCUT2D eigenvalue weighted by Gasteiger charge is 2.13. The second-order valence-corrected chi connectivity index (χ2v) is 3.66. The van der Waals surface area contributed by atoms with Crippen molar-refractivity contribution in [3.63, 3.8) is 0 Å². The molecule has 0 unspecified atom stereocenters. The van der Waals surface area contributed by atoms with Crippen LogP contribution in [0.25, 0.3) is 0 Å². The number of nitrogens with zero attached hydrogens (tertiary/aromatic N) is 2. The van der Waals surface area contributed by atoms with Crippen molar-refractivity contribution in [2.24, 2.45) is 0 Å². The normalized spacial score (nSPS) is 15.2. The Morgan fingerprint density at radius 3 is 2.92 bits per heavy atom. The maximum Gasteiger partial charge on any atom is 0.0397 e. The van der Waals surface area contributed by atoms with Gasteiger partial charge < -0.3 is 4.90 Å². The Bertz CT molecular complexity index is 305. The third kappa shape index (κ3) is 1.54. The highest BCUT2D eigenvalue weighted by Crippen LogP contribution is 2.25. The van der Waals surface area contributed by atoms with Gasteiger partial charge in [-0.2, -0.15) is 0 Å². The van der Waals surface area contributed by atoms with E-state index in [1.54, 1.807) is 0 Å². The number of hydrogen-bond donors (Lipinski definition) is 0. The molecule has 1 aliphatic rings. The Labute approximate surface area is 79.6 Å². The van der Waals surface area contributed by atoms with Gasteiger partial charge in [-0.15, -0.1) is 0 Å². The molecule has 0 fully saturated rings. The van der Waals surface area contributed by atoms with Crippen molar-refractivity contribution in [1.29, 1.82) is 0 Å². The van der Waals surface area contributed by atoms with Crippen molar-refractivity contribution in [2.75, 3.05) is 25.5 Å². The monoisotopic (exact) mass is 175 g/mol. The van der Waals surface area contributed by atoms with E-state index in [0.29, 0.717) is 0 Å². The zero-order chi connectivity index (χ0) is 9.26. The van der Waals surface area contributed by atoms with Crippen LogP contribution in [-0.4, -0.2) is 20.6 Å². The smallest absolute Gasteiger partial charge is 0.0397 e. The van der Waals surface area contributed by atoms with E-state index >= 15 is 0 Å². The lowest BCUT2D eigenvalue weighted by atomic mass is 9.99. The molecule has 0 spiro atoms.